The van der Waals surface area contributed by atoms with Crippen molar-refractivity contribution in [1.82, 2.24) is 4.98 Å². The van der Waals surface area contributed by atoms with Gasteiger partial charge in [0.1, 0.15) is 5.82 Å². The van der Waals surface area contributed by atoms with Crippen LogP contribution in [0.1, 0.15) is 18.9 Å². The summed E-state index contributed by atoms with van der Waals surface area (Å²) in [5, 5.41) is 8.64. The van der Waals surface area contributed by atoms with Gasteiger partial charge >= 0.3 is 0 Å². The first-order valence-electron chi connectivity index (χ1n) is 4.80. The second kappa shape index (κ2) is 5.57. The highest BCUT2D eigenvalue weighted by Gasteiger charge is 2.13. The van der Waals surface area contributed by atoms with Crippen molar-refractivity contribution in [2.24, 2.45) is 0 Å². The number of halogens is 1. The number of nitriles is 1. The maximum Gasteiger partial charge on any atom is 0.132 e. The van der Waals surface area contributed by atoms with Gasteiger partial charge in [-0.1, -0.05) is 6.07 Å². The highest BCUT2D eigenvalue weighted by molar-refractivity contribution is 6.17. The van der Waals surface area contributed by atoms with Gasteiger partial charge in [-0.15, -0.1) is 11.6 Å². The molecule has 0 aromatic carbocycles. The fourth-order valence-electron chi connectivity index (χ4n) is 1.33. The largest absolute Gasteiger partial charge is 0.356 e. The van der Waals surface area contributed by atoms with Crippen LogP contribution in [0.2, 0.25) is 0 Å². The van der Waals surface area contributed by atoms with Crippen molar-refractivity contribution in [3.63, 3.8) is 0 Å². The van der Waals surface area contributed by atoms with Gasteiger partial charge in [0, 0.05) is 24.8 Å². The molecule has 1 aromatic heterocycles. The zero-order valence-corrected chi connectivity index (χ0v) is 9.70. The molecule has 1 heterocycles. The lowest BCUT2D eigenvalue weighted by molar-refractivity contribution is 0.691. The molecule has 1 aromatic rings. The number of hydrogen-bond donors (Lipinski definition) is 0. The fraction of sp³-hybridized carbons (Fsp3) is 0.455. The summed E-state index contributed by atoms with van der Waals surface area (Å²) in [6.07, 6.45) is 2.22. The van der Waals surface area contributed by atoms with Crippen molar-refractivity contribution in [3.8, 4) is 6.07 Å². The van der Waals surface area contributed by atoms with Crippen LogP contribution in [-0.2, 0) is 5.88 Å². The third-order valence-electron chi connectivity index (χ3n) is 2.39. The molecule has 1 atom stereocenters. The quantitative estimate of drug-likeness (QED) is 0.737. The number of nitrogens with zero attached hydrogens (tertiary/aromatic N) is 3. The predicted molar refractivity (Wildman–Crippen MR) is 61.9 cm³/mol. The maximum absolute atomic E-state index is 8.64. The summed E-state index contributed by atoms with van der Waals surface area (Å²) >= 11 is 5.83. The Kier molecular flexibility index (Phi) is 4.38. The summed E-state index contributed by atoms with van der Waals surface area (Å²) in [5.74, 6) is 1.29. The molecule has 3 nitrogen and oxygen atoms in total. The van der Waals surface area contributed by atoms with E-state index in [2.05, 4.69) is 11.1 Å². The fourth-order valence-corrected chi connectivity index (χ4v) is 1.54. The Morgan fingerprint density at radius 2 is 2.40 bits per heavy atom. The molecular formula is C11H14ClN3. The molecule has 0 saturated heterocycles. The molecule has 80 valence electrons. The monoisotopic (exact) mass is 223 g/mol. The van der Waals surface area contributed by atoms with E-state index in [1.54, 1.807) is 6.20 Å². The molecule has 0 radical (unpaired) electrons. The average Bonchev–Trinajstić information content (AvgIpc) is 2.28. The molecule has 0 spiro atoms. The molecule has 0 aliphatic carbocycles. The minimum absolute atomic E-state index is 0.145. The normalized spacial score (nSPS) is 11.9. The van der Waals surface area contributed by atoms with Crippen LogP contribution in [-0.4, -0.2) is 18.1 Å². The van der Waals surface area contributed by atoms with Gasteiger partial charge in [-0.25, -0.2) is 4.98 Å². The van der Waals surface area contributed by atoms with Crippen molar-refractivity contribution in [2.75, 3.05) is 11.9 Å². The van der Waals surface area contributed by atoms with Crippen LogP contribution < -0.4 is 4.90 Å². The minimum Gasteiger partial charge on any atom is -0.356 e. The predicted octanol–water partition coefficient (Wildman–Crippen LogP) is 2.56. The number of alkyl halides is 1. The first kappa shape index (κ1) is 11.8. The van der Waals surface area contributed by atoms with E-state index in [0.29, 0.717) is 12.3 Å². The van der Waals surface area contributed by atoms with E-state index in [-0.39, 0.29) is 6.04 Å². The standard InChI is InChI=1S/C11H14ClN3/c1-9(5-6-13)15(2)11-10(8-12)4-3-7-14-11/h3-4,7,9H,5,8H2,1-2H3. The van der Waals surface area contributed by atoms with Crippen LogP contribution in [0.4, 0.5) is 5.82 Å². The molecule has 0 saturated carbocycles. The Bertz CT molecular complexity index is 359. The first-order chi connectivity index (χ1) is 7.20. The Morgan fingerprint density at radius 3 is 3.00 bits per heavy atom. The van der Waals surface area contributed by atoms with Crippen molar-refractivity contribution in [1.29, 1.82) is 5.26 Å². The molecular weight excluding hydrogens is 210 g/mol. The third kappa shape index (κ3) is 2.84. The smallest absolute Gasteiger partial charge is 0.132 e. The average molecular weight is 224 g/mol. The third-order valence-corrected chi connectivity index (χ3v) is 2.68. The molecule has 1 unspecified atom stereocenters. The molecule has 4 heteroatoms. The van der Waals surface area contributed by atoms with Gasteiger partial charge in [-0.05, 0) is 13.0 Å². The van der Waals surface area contributed by atoms with Gasteiger partial charge in [0.05, 0.1) is 18.4 Å². The van der Waals surface area contributed by atoms with Crippen LogP contribution in [0, 0.1) is 11.3 Å². The first-order valence-corrected chi connectivity index (χ1v) is 5.33. The summed E-state index contributed by atoms with van der Waals surface area (Å²) in [7, 11) is 1.93. The highest BCUT2D eigenvalue weighted by atomic mass is 35.5. The second-order valence-electron chi connectivity index (χ2n) is 3.44. The molecule has 0 aliphatic heterocycles. The lowest BCUT2D eigenvalue weighted by Gasteiger charge is -2.25. The van der Waals surface area contributed by atoms with Crippen LogP contribution >= 0.6 is 11.6 Å². The van der Waals surface area contributed by atoms with Crippen LogP contribution in [0.15, 0.2) is 18.3 Å². The van der Waals surface area contributed by atoms with Gasteiger partial charge in [-0.2, -0.15) is 5.26 Å². The molecule has 0 fully saturated rings. The minimum atomic E-state index is 0.145. The number of rotatable bonds is 4. The van der Waals surface area contributed by atoms with Crippen LogP contribution in [0.3, 0.4) is 0 Å². The molecule has 15 heavy (non-hydrogen) atoms. The van der Waals surface area contributed by atoms with E-state index in [1.165, 1.54) is 0 Å². The number of pyridine rings is 1. The molecule has 0 aliphatic rings. The zero-order valence-electron chi connectivity index (χ0n) is 8.94. The molecule has 0 bridgehead atoms. The van der Waals surface area contributed by atoms with Crippen LogP contribution in [0.5, 0.6) is 0 Å². The molecule has 0 amide bonds. The van der Waals surface area contributed by atoms with E-state index in [0.717, 1.165) is 11.4 Å². The van der Waals surface area contributed by atoms with E-state index in [9.17, 15) is 0 Å². The van der Waals surface area contributed by atoms with Crippen molar-refractivity contribution < 1.29 is 0 Å². The van der Waals surface area contributed by atoms with Crippen molar-refractivity contribution in [3.05, 3.63) is 23.9 Å². The Hall–Kier alpha value is -1.27. The lowest BCUT2D eigenvalue weighted by Crippen LogP contribution is -2.29. The number of anilines is 1. The van der Waals surface area contributed by atoms with Gasteiger partial charge in [-0.3, -0.25) is 0 Å². The van der Waals surface area contributed by atoms with E-state index in [4.69, 9.17) is 16.9 Å². The second-order valence-corrected chi connectivity index (χ2v) is 3.71. The van der Waals surface area contributed by atoms with E-state index >= 15 is 0 Å². The zero-order chi connectivity index (χ0) is 11.3. The van der Waals surface area contributed by atoms with Crippen molar-refractivity contribution >= 4 is 17.4 Å². The summed E-state index contributed by atoms with van der Waals surface area (Å²) < 4.78 is 0. The van der Waals surface area contributed by atoms with E-state index < -0.39 is 0 Å². The Morgan fingerprint density at radius 1 is 1.67 bits per heavy atom. The van der Waals surface area contributed by atoms with E-state index in [1.807, 2.05) is 31.0 Å². The van der Waals surface area contributed by atoms with Crippen molar-refractivity contribution in [2.45, 2.75) is 25.3 Å². The van der Waals surface area contributed by atoms with Gasteiger partial charge in [0.25, 0.3) is 0 Å². The van der Waals surface area contributed by atoms with Gasteiger partial charge < -0.3 is 4.90 Å². The molecule has 0 N–H and O–H groups in total. The van der Waals surface area contributed by atoms with Gasteiger partial charge in [0.15, 0.2) is 0 Å². The summed E-state index contributed by atoms with van der Waals surface area (Å²) in [5.41, 5.74) is 0.992. The van der Waals surface area contributed by atoms with Gasteiger partial charge in [0.2, 0.25) is 0 Å². The maximum atomic E-state index is 8.64. The SMILES string of the molecule is CC(CC#N)N(C)c1ncccc1CCl. The Labute approximate surface area is 95.3 Å². The number of aromatic nitrogens is 1. The topological polar surface area (TPSA) is 39.9 Å². The van der Waals surface area contributed by atoms with Crippen LogP contribution in [0.25, 0.3) is 0 Å². The lowest BCUT2D eigenvalue weighted by atomic mass is 10.2. The summed E-state index contributed by atoms with van der Waals surface area (Å²) in [4.78, 5) is 6.27. The molecule has 1 rings (SSSR count). The number of hydrogen-bond acceptors (Lipinski definition) is 3. The summed E-state index contributed by atoms with van der Waals surface area (Å²) in [6, 6.07) is 6.11. The Balaban J connectivity index is 2.90. The highest BCUT2D eigenvalue weighted by Crippen LogP contribution is 2.20. The summed E-state index contributed by atoms with van der Waals surface area (Å²) in [6.45, 7) is 2.00.